The normalized spacial score (nSPS) is 12.2. The van der Waals surface area contributed by atoms with Gasteiger partial charge >= 0.3 is 0 Å². The first-order chi connectivity index (χ1) is 16.7. The van der Waals surface area contributed by atoms with E-state index in [0.717, 1.165) is 22.3 Å². The summed E-state index contributed by atoms with van der Waals surface area (Å²) in [5.41, 5.74) is 3.31. The predicted molar refractivity (Wildman–Crippen MR) is 140 cm³/mol. The lowest BCUT2D eigenvalue weighted by atomic mass is 9.71. The van der Waals surface area contributed by atoms with E-state index in [-0.39, 0.29) is 13.2 Å². The number of allylic oxidation sites excluding steroid dienone is 2. The van der Waals surface area contributed by atoms with E-state index in [0.29, 0.717) is 12.8 Å². The molecule has 172 valence electrons. The molecular weight excluding hydrogens is 416 g/mol. The van der Waals surface area contributed by atoms with E-state index < -0.39 is 10.8 Å². The molecule has 0 bridgehead atoms. The molecule has 0 unspecified atom stereocenters. The van der Waals surface area contributed by atoms with Crippen molar-refractivity contribution in [2.45, 2.75) is 23.7 Å². The van der Waals surface area contributed by atoms with Gasteiger partial charge in [0, 0.05) is 10.8 Å². The van der Waals surface area contributed by atoms with Crippen LogP contribution in [0.1, 0.15) is 35.1 Å². The zero-order valence-electron chi connectivity index (χ0n) is 19.4. The molecule has 2 heteroatoms. The van der Waals surface area contributed by atoms with Gasteiger partial charge in [-0.3, -0.25) is 0 Å². The van der Waals surface area contributed by atoms with E-state index in [1.54, 1.807) is 0 Å². The molecule has 34 heavy (non-hydrogen) atoms. The van der Waals surface area contributed by atoms with Gasteiger partial charge in [0.15, 0.2) is 0 Å². The molecule has 2 N–H and O–H groups in total. The van der Waals surface area contributed by atoms with Gasteiger partial charge in [-0.15, -0.1) is 0 Å². The monoisotopic (exact) mass is 448 g/mol. The Morgan fingerprint density at radius 1 is 0.412 bits per heavy atom. The lowest BCUT2D eigenvalue weighted by Gasteiger charge is -2.34. The van der Waals surface area contributed by atoms with Crippen molar-refractivity contribution in [3.8, 4) is 0 Å². The molecule has 2 nitrogen and oxygen atoms in total. The predicted octanol–water partition coefficient (Wildman–Crippen LogP) is 6.28. The van der Waals surface area contributed by atoms with E-state index >= 15 is 0 Å². The van der Waals surface area contributed by atoms with Crippen LogP contribution in [-0.4, -0.2) is 23.4 Å². The Bertz CT molecular complexity index is 979. The molecule has 0 atom stereocenters. The fraction of sp³-hybridized carbons (Fsp3) is 0.188. The first kappa shape index (κ1) is 23.7. The van der Waals surface area contributed by atoms with E-state index in [4.69, 9.17) is 0 Å². The first-order valence-electron chi connectivity index (χ1n) is 11.8. The molecule has 0 aromatic heterocycles. The molecule has 0 spiro atoms. The minimum atomic E-state index is -0.527. The van der Waals surface area contributed by atoms with Crippen molar-refractivity contribution < 1.29 is 10.2 Å². The molecule has 0 aliphatic heterocycles. The number of rotatable bonds is 10. The van der Waals surface area contributed by atoms with Gasteiger partial charge in [-0.1, -0.05) is 133 Å². The second kappa shape index (κ2) is 11.1. The lowest BCUT2D eigenvalue weighted by molar-refractivity contribution is 0.217. The first-order valence-corrected chi connectivity index (χ1v) is 11.8. The van der Waals surface area contributed by atoms with Gasteiger partial charge in [-0.2, -0.15) is 0 Å². The number of hydrogen-bond acceptors (Lipinski definition) is 2. The smallest absolute Gasteiger partial charge is 0.0571 e. The summed E-state index contributed by atoms with van der Waals surface area (Å²) >= 11 is 0. The van der Waals surface area contributed by atoms with Gasteiger partial charge in [0.2, 0.25) is 0 Å². The largest absolute Gasteiger partial charge is 0.395 e. The van der Waals surface area contributed by atoms with Crippen LogP contribution in [0.4, 0.5) is 0 Å². The van der Waals surface area contributed by atoms with Gasteiger partial charge < -0.3 is 10.2 Å². The maximum Gasteiger partial charge on any atom is 0.0571 e. The second-order valence-electron chi connectivity index (χ2n) is 8.82. The summed E-state index contributed by atoms with van der Waals surface area (Å²) < 4.78 is 0. The van der Waals surface area contributed by atoms with E-state index in [2.05, 4.69) is 60.7 Å². The summed E-state index contributed by atoms with van der Waals surface area (Å²) in [6, 6.07) is 40.9. The number of hydrogen-bond donors (Lipinski definition) is 2. The molecule has 0 saturated carbocycles. The Morgan fingerprint density at radius 2 is 0.647 bits per heavy atom. The summed E-state index contributed by atoms with van der Waals surface area (Å²) in [4.78, 5) is 0. The maximum atomic E-state index is 10.7. The molecule has 0 fully saturated rings. The number of aliphatic hydroxyl groups excluding tert-OH is 2. The van der Waals surface area contributed by atoms with Crippen molar-refractivity contribution in [3.63, 3.8) is 0 Å². The molecule has 0 radical (unpaired) electrons. The molecule has 0 aliphatic rings. The number of aliphatic hydroxyl groups is 2. The van der Waals surface area contributed by atoms with Crippen molar-refractivity contribution in [1.82, 2.24) is 0 Å². The van der Waals surface area contributed by atoms with Crippen LogP contribution in [0.2, 0.25) is 0 Å². The van der Waals surface area contributed by atoms with Crippen molar-refractivity contribution in [2.24, 2.45) is 0 Å². The fourth-order valence-corrected chi connectivity index (χ4v) is 4.90. The van der Waals surface area contributed by atoms with Crippen molar-refractivity contribution in [2.75, 3.05) is 13.2 Å². The molecule has 4 aromatic carbocycles. The Kier molecular flexibility index (Phi) is 7.74. The third kappa shape index (κ3) is 4.75. The molecule has 4 aromatic rings. The highest BCUT2D eigenvalue weighted by atomic mass is 16.3. The maximum absolute atomic E-state index is 10.7. The minimum absolute atomic E-state index is 0.00782. The highest BCUT2D eigenvalue weighted by Gasteiger charge is 2.34. The quantitative estimate of drug-likeness (QED) is 0.280. The van der Waals surface area contributed by atoms with Crippen LogP contribution in [0.15, 0.2) is 133 Å². The molecular formula is C32H32O2. The van der Waals surface area contributed by atoms with Crippen LogP contribution in [0.5, 0.6) is 0 Å². The second-order valence-corrected chi connectivity index (χ2v) is 8.82. The summed E-state index contributed by atoms with van der Waals surface area (Å²) in [5, 5.41) is 21.3. The van der Waals surface area contributed by atoms with Crippen LogP contribution in [0.25, 0.3) is 0 Å². The van der Waals surface area contributed by atoms with E-state index in [1.807, 2.05) is 72.8 Å². The summed E-state index contributed by atoms with van der Waals surface area (Å²) in [6.07, 6.45) is 5.63. The van der Waals surface area contributed by atoms with Crippen LogP contribution in [0, 0.1) is 0 Å². The summed E-state index contributed by atoms with van der Waals surface area (Å²) in [7, 11) is 0. The highest BCUT2D eigenvalue weighted by molar-refractivity contribution is 5.42. The molecule has 0 saturated heterocycles. The average molecular weight is 449 g/mol. The Morgan fingerprint density at radius 3 is 0.853 bits per heavy atom. The van der Waals surface area contributed by atoms with Gasteiger partial charge in [0.05, 0.1) is 13.2 Å². The summed E-state index contributed by atoms with van der Waals surface area (Å²) in [5.74, 6) is 0. The number of benzene rings is 4. The van der Waals surface area contributed by atoms with Crippen LogP contribution in [-0.2, 0) is 10.8 Å². The molecule has 0 amide bonds. The fourth-order valence-electron chi connectivity index (χ4n) is 4.90. The van der Waals surface area contributed by atoms with Gasteiger partial charge in [0.1, 0.15) is 0 Å². The van der Waals surface area contributed by atoms with Crippen molar-refractivity contribution in [1.29, 1.82) is 0 Å². The van der Waals surface area contributed by atoms with Crippen LogP contribution >= 0.6 is 0 Å². The topological polar surface area (TPSA) is 40.5 Å². The zero-order chi connectivity index (χ0) is 23.7. The summed E-state index contributed by atoms with van der Waals surface area (Å²) in [6.45, 7) is 0.0156. The Labute approximate surface area is 202 Å². The van der Waals surface area contributed by atoms with Gasteiger partial charge in [-0.25, -0.2) is 0 Å². The SMILES string of the molecule is OCC(C/C=C\CC(CO)(c1ccccc1)c1ccccc1)(c1ccccc1)c1ccccc1. The van der Waals surface area contributed by atoms with Gasteiger partial charge in [-0.05, 0) is 35.1 Å². The zero-order valence-corrected chi connectivity index (χ0v) is 19.4. The highest BCUT2D eigenvalue weighted by Crippen LogP contribution is 2.38. The van der Waals surface area contributed by atoms with E-state index in [9.17, 15) is 10.2 Å². The van der Waals surface area contributed by atoms with Crippen LogP contribution in [0.3, 0.4) is 0 Å². The van der Waals surface area contributed by atoms with Crippen LogP contribution < -0.4 is 0 Å². The average Bonchev–Trinajstić information content (AvgIpc) is 2.93. The molecule has 0 heterocycles. The Balaban J connectivity index is 1.68. The third-order valence-corrected chi connectivity index (χ3v) is 6.94. The molecule has 4 rings (SSSR count). The lowest BCUT2D eigenvalue weighted by Crippen LogP contribution is -2.32. The standard InChI is InChI=1S/C32H32O2/c33-25-31(27-15-5-1-6-16-27,28-17-7-2-8-18-28)23-13-14-24-32(26-34,29-19-9-3-10-20-29)30-21-11-4-12-22-30/h1-22,33-34H,23-26H2/b14-13-. The van der Waals surface area contributed by atoms with Crippen molar-refractivity contribution in [3.05, 3.63) is 156 Å². The minimum Gasteiger partial charge on any atom is -0.395 e. The van der Waals surface area contributed by atoms with E-state index in [1.165, 1.54) is 0 Å². The molecule has 0 aliphatic carbocycles. The third-order valence-electron chi connectivity index (χ3n) is 6.94. The Hall–Kier alpha value is -3.46. The van der Waals surface area contributed by atoms with Crippen molar-refractivity contribution >= 4 is 0 Å². The van der Waals surface area contributed by atoms with Gasteiger partial charge in [0.25, 0.3) is 0 Å².